The molecule has 2 unspecified atom stereocenters. The Morgan fingerprint density at radius 2 is 2.25 bits per heavy atom. The second-order valence-corrected chi connectivity index (χ2v) is 4.97. The van der Waals surface area contributed by atoms with E-state index in [1.807, 2.05) is 6.07 Å². The van der Waals surface area contributed by atoms with Crippen LogP contribution in [0.25, 0.3) is 0 Å². The lowest BCUT2D eigenvalue weighted by molar-refractivity contribution is 0.511. The molecule has 4 heteroatoms. The first-order chi connectivity index (χ1) is 7.75. The number of pyridine rings is 1. The van der Waals surface area contributed by atoms with Gasteiger partial charge in [0.25, 0.3) is 0 Å². The summed E-state index contributed by atoms with van der Waals surface area (Å²) in [6.45, 7) is 2.14. The van der Waals surface area contributed by atoms with Gasteiger partial charge in [0, 0.05) is 17.6 Å². The van der Waals surface area contributed by atoms with Crippen molar-refractivity contribution in [3.05, 3.63) is 30.1 Å². The Labute approximate surface area is 99.6 Å². The monoisotopic (exact) mass is 240 g/mol. The fraction of sp³-hybridized carbons (Fsp3) is 0.583. The molecule has 90 valence electrons. The number of nitrogens with zero attached hydrogens (tertiary/aromatic N) is 1. The smallest absolute Gasteiger partial charge is 0.0480 e. The topological polar surface area (TPSA) is 53.0 Å². The highest BCUT2D eigenvalue weighted by atomic mass is 32.2. The number of unbranched alkanes of at least 4 members (excludes halogenated alkanes) is 3. The molecule has 0 aromatic carbocycles. The Balaban J connectivity index is 2.52. The maximum absolute atomic E-state index is 11.1. The van der Waals surface area contributed by atoms with Gasteiger partial charge in [0.15, 0.2) is 0 Å². The first-order valence-corrected chi connectivity index (χ1v) is 6.87. The van der Waals surface area contributed by atoms with Gasteiger partial charge < -0.3 is 4.55 Å². The maximum atomic E-state index is 11.1. The molecule has 3 nitrogen and oxygen atoms in total. The highest BCUT2D eigenvalue weighted by Gasteiger charge is 2.11. The van der Waals surface area contributed by atoms with Crippen LogP contribution in [0.15, 0.2) is 24.5 Å². The Morgan fingerprint density at radius 3 is 2.81 bits per heavy atom. The average Bonchev–Trinajstić information content (AvgIpc) is 2.30. The summed E-state index contributed by atoms with van der Waals surface area (Å²) in [5.41, 5.74) is 0.798. The summed E-state index contributed by atoms with van der Waals surface area (Å²) in [6, 6.07) is 3.61. The van der Waals surface area contributed by atoms with Crippen molar-refractivity contribution in [2.75, 3.05) is 0 Å². The highest BCUT2D eigenvalue weighted by Crippen LogP contribution is 2.24. The van der Waals surface area contributed by atoms with Crippen LogP contribution in [0.3, 0.4) is 0 Å². The van der Waals surface area contributed by atoms with Crippen LogP contribution in [0.2, 0.25) is 0 Å². The Morgan fingerprint density at radius 1 is 1.44 bits per heavy atom. The van der Waals surface area contributed by atoms with Gasteiger partial charge in [-0.25, -0.2) is 0 Å². The lowest BCUT2D eigenvalue weighted by Gasteiger charge is -2.19. The van der Waals surface area contributed by atoms with E-state index in [0.717, 1.165) is 24.8 Å². The summed E-state index contributed by atoms with van der Waals surface area (Å²) in [4.78, 5) is 3.96. The summed E-state index contributed by atoms with van der Waals surface area (Å²) < 4.78 is 22.3. The molecule has 0 aliphatic carbocycles. The summed E-state index contributed by atoms with van der Waals surface area (Å²) in [5.74, 6) is 0. The second-order valence-electron chi connectivity index (χ2n) is 3.88. The van der Waals surface area contributed by atoms with Crippen molar-refractivity contribution in [1.82, 2.24) is 4.98 Å². The van der Waals surface area contributed by atoms with E-state index in [2.05, 4.69) is 11.9 Å². The molecule has 2 atom stereocenters. The molecular formula is C12H18NO2S-. The molecule has 0 radical (unpaired) electrons. The van der Waals surface area contributed by atoms with Crippen molar-refractivity contribution in [2.45, 2.75) is 44.3 Å². The molecular weight excluding hydrogens is 222 g/mol. The first-order valence-electron chi connectivity index (χ1n) is 5.73. The van der Waals surface area contributed by atoms with Gasteiger partial charge in [-0.15, -0.1) is 0 Å². The standard InChI is InChI=1S/C12H19NO2S/c1-2-3-4-5-8-12(16(14)15)11-7-6-9-13-10-11/h6-7,9-10,12H,2-5,8H2,1H3,(H,14,15)/p-1. The normalized spacial score (nSPS) is 14.6. The number of rotatable bonds is 7. The van der Waals surface area contributed by atoms with Gasteiger partial charge in [-0.1, -0.05) is 38.7 Å². The average molecular weight is 240 g/mol. The van der Waals surface area contributed by atoms with Crippen LogP contribution < -0.4 is 0 Å². The minimum atomic E-state index is -2.05. The van der Waals surface area contributed by atoms with Gasteiger partial charge in [-0.2, -0.15) is 0 Å². The van der Waals surface area contributed by atoms with Gasteiger partial charge >= 0.3 is 0 Å². The molecule has 1 heterocycles. The van der Waals surface area contributed by atoms with Crippen LogP contribution in [-0.2, 0) is 11.1 Å². The van der Waals surface area contributed by atoms with Crippen molar-refractivity contribution in [1.29, 1.82) is 0 Å². The molecule has 0 aliphatic heterocycles. The SMILES string of the molecule is CCCCCCC(c1cccnc1)S(=O)[O-]. The largest absolute Gasteiger partial charge is 0.772 e. The quantitative estimate of drug-likeness (QED) is 0.544. The van der Waals surface area contributed by atoms with Crippen LogP contribution in [0.5, 0.6) is 0 Å². The molecule has 1 aromatic rings. The third-order valence-corrected chi connectivity index (χ3v) is 3.58. The van der Waals surface area contributed by atoms with Crippen LogP contribution in [0.4, 0.5) is 0 Å². The van der Waals surface area contributed by atoms with E-state index in [-0.39, 0.29) is 0 Å². The molecule has 0 N–H and O–H groups in total. The lowest BCUT2D eigenvalue weighted by atomic mass is 10.1. The summed E-state index contributed by atoms with van der Waals surface area (Å²) >= 11 is -2.05. The van der Waals surface area contributed by atoms with Crippen molar-refractivity contribution in [3.63, 3.8) is 0 Å². The van der Waals surface area contributed by atoms with Crippen LogP contribution in [0, 0.1) is 0 Å². The van der Waals surface area contributed by atoms with Crippen molar-refractivity contribution in [3.8, 4) is 0 Å². The first kappa shape index (κ1) is 13.3. The Bertz CT molecular complexity index is 316. The minimum absolute atomic E-state index is 0.398. The second kappa shape index (κ2) is 7.52. The molecule has 0 saturated heterocycles. The Hall–Kier alpha value is -0.740. The number of hydrogen-bond acceptors (Lipinski definition) is 3. The summed E-state index contributed by atoms with van der Waals surface area (Å²) in [5, 5.41) is -0.398. The maximum Gasteiger partial charge on any atom is 0.0480 e. The van der Waals surface area contributed by atoms with E-state index in [9.17, 15) is 8.76 Å². The highest BCUT2D eigenvalue weighted by molar-refractivity contribution is 7.79. The van der Waals surface area contributed by atoms with E-state index in [4.69, 9.17) is 0 Å². The van der Waals surface area contributed by atoms with Crippen LogP contribution in [0.1, 0.15) is 49.8 Å². The predicted octanol–water partition coefficient (Wildman–Crippen LogP) is 2.97. The molecule has 0 amide bonds. The molecule has 16 heavy (non-hydrogen) atoms. The van der Waals surface area contributed by atoms with E-state index >= 15 is 0 Å². The van der Waals surface area contributed by atoms with Crippen molar-refractivity contribution < 1.29 is 8.76 Å². The lowest BCUT2D eigenvalue weighted by Crippen LogP contribution is -2.06. The van der Waals surface area contributed by atoms with Crippen LogP contribution >= 0.6 is 0 Å². The van der Waals surface area contributed by atoms with Crippen molar-refractivity contribution in [2.24, 2.45) is 0 Å². The number of aromatic nitrogens is 1. The van der Waals surface area contributed by atoms with Gasteiger partial charge in [-0.3, -0.25) is 9.19 Å². The molecule has 1 rings (SSSR count). The minimum Gasteiger partial charge on any atom is -0.772 e. The summed E-state index contributed by atoms with van der Waals surface area (Å²) in [7, 11) is 0. The van der Waals surface area contributed by atoms with E-state index in [0.29, 0.717) is 6.42 Å². The fourth-order valence-corrected chi connectivity index (χ4v) is 2.42. The van der Waals surface area contributed by atoms with Crippen molar-refractivity contribution >= 4 is 11.1 Å². The third-order valence-electron chi connectivity index (χ3n) is 2.61. The van der Waals surface area contributed by atoms with Gasteiger partial charge in [0.1, 0.15) is 0 Å². The third kappa shape index (κ3) is 4.41. The predicted molar refractivity (Wildman–Crippen MR) is 64.7 cm³/mol. The Kier molecular flexibility index (Phi) is 6.26. The fourth-order valence-electron chi connectivity index (χ4n) is 1.70. The van der Waals surface area contributed by atoms with E-state index < -0.39 is 16.3 Å². The van der Waals surface area contributed by atoms with E-state index in [1.165, 1.54) is 6.42 Å². The molecule has 1 aromatic heterocycles. The molecule has 0 fully saturated rings. The van der Waals surface area contributed by atoms with Gasteiger partial charge in [0.05, 0.1) is 0 Å². The zero-order valence-corrected chi connectivity index (χ0v) is 10.4. The molecule has 0 bridgehead atoms. The zero-order valence-electron chi connectivity index (χ0n) is 9.59. The van der Waals surface area contributed by atoms with Crippen LogP contribution in [-0.4, -0.2) is 13.7 Å². The molecule has 0 spiro atoms. The molecule has 0 saturated carbocycles. The van der Waals surface area contributed by atoms with Gasteiger partial charge in [-0.05, 0) is 29.1 Å². The zero-order chi connectivity index (χ0) is 11.8. The number of hydrogen-bond donors (Lipinski definition) is 0. The molecule has 0 aliphatic rings. The van der Waals surface area contributed by atoms with E-state index in [1.54, 1.807) is 18.5 Å². The van der Waals surface area contributed by atoms with Gasteiger partial charge in [0.2, 0.25) is 0 Å². The summed E-state index contributed by atoms with van der Waals surface area (Å²) in [6.07, 6.45) is 8.39.